The number of amides is 1. The van der Waals surface area contributed by atoms with Gasteiger partial charge in [0.1, 0.15) is 10.8 Å². The Kier molecular flexibility index (Phi) is 3.81. The van der Waals surface area contributed by atoms with Crippen LogP contribution in [0.5, 0.6) is 0 Å². The lowest BCUT2D eigenvalue weighted by Crippen LogP contribution is -2.11. The highest BCUT2D eigenvalue weighted by Gasteiger charge is 2.11. The zero-order valence-electron chi connectivity index (χ0n) is 9.46. The molecule has 0 aliphatic heterocycles. The number of anilines is 1. The molecule has 0 saturated heterocycles. The second kappa shape index (κ2) is 5.53. The molecular formula is C11H8FN3O3S. The number of benzene rings is 1. The number of aromatic nitrogens is 2. The molecule has 0 unspecified atom stereocenters. The largest absolute Gasteiger partial charge is 0.481 e. The van der Waals surface area contributed by atoms with E-state index in [1.165, 1.54) is 24.3 Å². The maximum Gasteiger partial charge on any atom is 0.310 e. The van der Waals surface area contributed by atoms with Crippen LogP contribution < -0.4 is 5.32 Å². The summed E-state index contributed by atoms with van der Waals surface area (Å²) in [4.78, 5) is 22.2. The summed E-state index contributed by atoms with van der Waals surface area (Å²) in [6.45, 7) is 0. The molecule has 0 spiro atoms. The quantitative estimate of drug-likeness (QED) is 0.887. The van der Waals surface area contributed by atoms with Gasteiger partial charge >= 0.3 is 5.97 Å². The number of carbonyl (C=O) groups is 2. The Morgan fingerprint density at radius 3 is 2.58 bits per heavy atom. The van der Waals surface area contributed by atoms with Crippen LogP contribution in [0.1, 0.15) is 15.4 Å². The van der Waals surface area contributed by atoms with Crippen molar-refractivity contribution in [1.82, 2.24) is 10.2 Å². The Balaban J connectivity index is 2.04. The van der Waals surface area contributed by atoms with E-state index in [0.717, 1.165) is 11.3 Å². The van der Waals surface area contributed by atoms with Gasteiger partial charge in [-0.3, -0.25) is 14.9 Å². The molecule has 1 amide bonds. The predicted molar refractivity (Wildman–Crippen MR) is 65.6 cm³/mol. The Morgan fingerprint density at radius 2 is 1.95 bits per heavy atom. The smallest absolute Gasteiger partial charge is 0.310 e. The number of halogens is 1. The summed E-state index contributed by atoms with van der Waals surface area (Å²) < 4.78 is 12.7. The molecule has 0 aliphatic rings. The maximum atomic E-state index is 12.7. The minimum Gasteiger partial charge on any atom is -0.481 e. The van der Waals surface area contributed by atoms with Crippen molar-refractivity contribution in [3.63, 3.8) is 0 Å². The lowest BCUT2D eigenvalue weighted by Gasteiger charge is -2.00. The third-order valence-electron chi connectivity index (χ3n) is 2.10. The van der Waals surface area contributed by atoms with Gasteiger partial charge in [0.05, 0.1) is 6.42 Å². The van der Waals surface area contributed by atoms with E-state index < -0.39 is 17.7 Å². The lowest BCUT2D eigenvalue weighted by molar-refractivity contribution is -0.136. The average molecular weight is 281 g/mol. The number of nitrogens with zero attached hydrogens (tertiary/aromatic N) is 2. The fourth-order valence-corrected chi connectivity index (χ4v) is 2.00. The van der Waals surface area contributed by atoms with Gasteiger partial charge in [0, 0.05) is 5.56 Å². The van der Waals surface area contributed by atoms with Crippen LogP contribution in [0.3, 0.4) is 0 Å². The van der Waals surface area contributed by atoms with E-state index in [2.05, 4.69) is 15.5 Å². The predicted octanol–water partition coefficient (Wildman–Crippen LogP) is 1.56. The maximum absolute atomic E-state index is 12.7. The van der Waals surface area contributed by atoms with Gasteiger partial charge in [-0.1, -0.05) is 11.3 Å². The van der Waals surface area contributed by atoms with Gasteiger partial charge in [0.25, 0.3) is 5.91 Å². The highest BCUT2D eigenvalue weighted by atomic mass is 32.1. The molecule has 1 aromatic heterocycles. The van der Waals surface area contributed by atoms with Crippen molar-refractivity contribution in [3.8, 4) is 0 Å². The minimum absolute atomic E-state index is 0.200. The first-order valence-electron chi connectivity index (χ1n) is 5.15. The molecule has 1 aromatic carbocycles. The third kappa shape index (κ3) is 3.55. The average Bonchev–Trinajstić information content (AvgIpc) is 2.76. The molecular weight excluding hydrogens is 273 g/mol. The van der Waals surface area contributed by atoms with Crippen LogP contribution in [0.2, 0.25) is 0 Å². The summed E-state index contributed by atoms with van der Waals surface area (Å²) in [6, 6.07) is 5.02. The SMILES string of the molecule is O=C(O)Cc1nnc(NC(=O)c2ccc(F)cc2)s1. The molecule has 2 aromatic rings. The second-order valence-corrected chi connectivity index (χ2v) is 4.59. The van der Waals surface area contributed by atoms with Gasteiger partial charge in [-0.15, -0.1) is 10.2 Å². The van der Waals surface area contributed by atoms with Crippen LogP contribution in [-0.2, 0) is 11.2 Å². The van der Waals surface area contributed by atoms with Crippen LogP contribution in [-0.4, -0.2) is 27.2 Å². The number of nitrogens with one attached hydrogen (secondary N) is 1. The van der Waals surface area contributed by atoms with E-state index in [9.17, 15) is 14.0 Å². The molecule has 0 fully saturated rings. The number of aliphatic carboxylic acids is 1. The normalized spacial score (nSPS) is 10.2. The summed E-state index contributed by atoms with van der Waals surface area (Å²) in [7, 11) is 0. The summed E-state index contributed by atoms with van der Waals surface area (Å²) in [6.07, 6.45) is -0.246. The van der Waals surface area contributed by atoms with E-state index in [-0.39, 0.29) is 17.1 Å². The Bertz CT molecular complexity index is 612. The fraction of sp³-hybridized carbons (Fsp3) is 0.0909. The number of carboxylic acid groups (broad SMARTS) is 1. The molecule has 0 bridgehead atoms. The monoisotopic (exact) mass is 281 g/mol. The third-order valence-corrected chi connectivity index (χ3v) is 2.93. The highest BCUT2D eigenvalue weighted by molar-refractivity contribution is 7.15. The van der Waals surface area contributed by atoms with E-state index in [1.807, 2.05) is 0 Å². The first kappa shape index (κ1) is 13.1. The Hall–Kier alpha value is -2.35. The zero-order chi connectivity index (χ0) is 13.8. The van der Waals surface area contributed by atoms with Crippen molar-refractivity contribution in [2.75, 3.05) is 5.32 Å². The van der Waals surface area contributed by atoms with Crippen molar-refractivity contribution in [1.29, 1.82) is 0 Å². The summed E-state index contributed by atoms with van der Waals surface area (Å²) in [5.41, 5.74) is 0.274. The molecule has 6 nitrogen and oxygen atoms in total. The van der Waals surface area contributed by atoms with Gasteiger partial charge in [0.2, 0.25) is 5.13 Å². The van der Waals surface area contributed by atoms with E-state index in [1.54, 1.807) is 0 Å². The van der Waals surface area contributed by atoms with Crippen LogP contribution in [0.15, 0.2) is 24.3 Å². The minimum atomic E-state index is -1.02. The number of carboxylic acids is 1. The summed E-state index contributed by atoms with van der Waals surface area (Å²) in [5.74, 6) is -1.92. The Labute approximate surface area is 110 Å². The van der Waals surface area contributed by atoms with Crippen LogP contribution in [0.25, 0.3) is 0 Å². The van der Waals surface area contributed by atoms with E-state index >= 15 is 0 Å². The van der Waals surface area contributed by atoms with Crippen LogP contribution in [0, 0.1) is 5.82 Å². The van der Waals surface area contributed by atoms with Crippen LogP contribution >= 0.6 is 11.3 Å². The molecule has 2 rings (SSSR count). The van der Waals surface area contributed by atoms with Crippen molar-refractivity contribution in [2.24, 2.45) is 0 Å². The summed E-state index contributed by atoms with van der Waals surface area (Å²) >= 11 is 0.978. The van der Waals surface area contributed by atoms with Gasteiger partial charge < -0.3 is 5.11 Å². The van der Waals surface area contributed by atoms with Crippen LogP contribution in [0.4, 0.5) is 9.52 Å². The molecule has 0 radical (unpaired) electrons. The second-order valence-electron chi connectivity index (χ2n) is 3.53. The first-order valence-corrected chi connectivity index (χ1v) is 5.97. The van der Waals surface area contributed by atoms with Gasteiger partial charge in [-0.2, -0.15) is 0 Å². The van der Waals surface area contributed by atoms with Gasteiger partial charge in [-0.05, 0) is 24.3 Å². The van der Waals surface area contributed by atoms with Gasteiger partial charge in [-0.25, -0.2) is 4.39 Å². The van der Waals surface area contributed by atoms with Crippen molar-refractivity contribution in [2.45, 2.75) is 6.42 Å². The van der Waals surface area contributed by atoms with Crippen molar-refractivity contribution < 1.29 is 19.1 Å². The first-order chi connectivity index (χ1) is 9.04. The lowest BCUT2D eigenvalue weighted by atomic mass is 10.2. The van der Waals surface area contributed by atoms with E-state index in [4.69, 9.17) is 5.11 Å². The molecule has 2 N–H and O–H groups in total. The number of rotatable bonds is 4. The number of hydrogen-bond donors (Lipinski definition) is 2. The fourth-order valence-electron chi connectivity index (χ4n) is 1.28. The summed E-state index contributed by atoms with van der Waals surface area (Å²) in [5, 5.41) is 18.8. The number of carbonyl (C=O) groups excluding carboxylic acids is 1. The molecule has 0 aliphatic carbocycles. The topological polar surface area (TPSA) is 92.2 Å². The van der Waals surface area contributed by atoms with Gasteiger partial charge in [0.15, 0.2) is 0 Å². The molecule has 1 heterocycles. The highest BCUT2D eigenvalue weighted by Crippen LogP contribution is 2.16. The molecule has 8 heteroatoms. The van der Waals surface area contributed by atoms with Crippen molar-refractivity contribution >= 4 is 28.3 Å². The molecule has 19 heavy (non-hydrogen) atoms. The standard InChI is InChI=1S/C11H8FN3O3S/c12-7-3-1-6(2-4-7)10(18)13-11-15-14-8(19-11)5-9(16)17/h1-4H,5H2,(H,16,17)(H,13,15,18). The molecule has 98 valence electrons. The molecule has 0 saturated carbocycles. The molecule has 0 atom stereocenters. The Morgan fingerprint density at radius 1 is 1.26 bits per heavy atom. The van der Waals surface area contributed by atoms with Crippen molar-refractivity contribution in [3.05, 3.63) is 40.7 Å². The zero-order valence-corrected chi connectivity index (χ0v) is 10.3. The van der Waals surface area contributed by atoms with E-state index in [0.29, 0.717) is 5.01 Å². The number of hydrogen-bond acceptors (Lipinski definition) is 5.